The van der Waals surface area contributed by atoms with E-state index in [4.69, 9.17) is 5.26 Å². The summed E-state index contributed by atoms with van der Waals surface area (Å²) in [5.41, 5.74) is 3.78. The molecule has 0 unspecified atom stereocenters. The van der Waals surface area contributed by atoms with E-state index in [0.717, 1.165) is 12.1 Å². The number of aromatic nitrogens is 1. The number of benzene rings is 1. The van der Waals surface area contributed by atoms with Gasteiger partial charge < -0.3 is 5.32 Å². The highest BCUT2D eigenvalue weighted by Gasteiger charge is 2.03. The maximum atomic E-state index is 12.9. The Morgan fingerprint density at radius 1 is 1.47 bits per heavy atom. The highest BCUT2D eigenvalue weighted by atomic mass is 32.1. The fourth-order valence-electron chi connectivity index (χ4n) is 1.45. The minimum atomic E-state index is -0.397. The van der Waals surface area contributed by atoms with Crippen LogP contribution >= 0.6 is 11.3 Å². The summed E-state index contributed by atoms with van der Waals surface area (Å²) in [7, 11) is 0. The van der Waals surface area contributed by atoms with Crippen LogP contribution in [0.25, 0.3) is 0 Å². The van der Waals surface area contributed by atoms with E-state index in [1.54, 1.807) is 22.9 Å². The van der Waals surface area contributed by atoms with Crippen LogP contribution in [-0.2, 0) is 6.42 Å². The molecule has 1 N–H and O–H groups in total. The molecule has 17 heavy (non-hydrogen) atoms. The van der Waals surface area contributed by atoms with E-state index in [9.17, 15) is 4.39 Å². The molecular formula is C12H10FN3S. The maximum Gasteiger partial charge on any atom is 0.124 e. The van der Waals surface area contributed by atoms with Gasteiger partial charge in [-0.25, -0.2) is 9.37 Å². The number of rotatable bonds is 4. The number of anilines is 1. The lowest BCUT2D eigenvalue weighted by Crippen LogP contribution is -2.06. The van der Waals surface area contributed by atoms with Crippen molar-refractivity contribution in [2.75, 3.05) is 11.9 Å². The zero-order valence-electron chi connectivity index (χ0n) is 8.98. The van der Waals surface area contributed by atoms with Gasteiger partial charge in [-0.1, -0.05) is 0 Å². The summed E-state index contributed by atoms with van der Waals surface area (Å²) in [6.07, 6.45) is 0.783. The van der Waals surface area contributed by atoms with Gasteiger partial charge in [0, 0.05) is 18.3 Å². The van der Waals surface area contributed by atoms with Crippen LogP contribution < -0.4 is 5.32 Å². The molecular weight excluding hydrogens is 237 g/mol. The SMILES string of the molecule is N#Cc1cc(F)ccc1NCCc1cscn1. The van der Waals surface area contributed by atoms with E-state index in [-0.39, 0.29) is 0 Å². The Bertz CT molecular complexity index is 531. The zero-order chi connectivity index (χ0) is 12.1. The molecule has 0 fully saturated rings. The number of nitrogens with one attached hydrogen (secondary N) is 1. The van der Waals surface area contributed by atoms with Crippen LogP contribution in [0.15, 0.2) is 29.1 Å². The summed E-state index contributed by atoms with van der Waals surface area (Å²) in [6.45, 7) is 0.671. The van der Waals surface area contributed by atoms with E-state index in [1.807, 2.05) is 11.4 Å². The summed E-state index contributed by atoms with van der Waals surface area (Å²) in [4.78, 5) is 4.16. The third-order valence-electron chi connectivity index (χ3n) is 2.28. The van der Waals surface area contributed by atoms with Crippen LogP contribution in [0.4, 0.5) is 10.1 Å². The van der Waals surface area contributed by atoms with Gasteiger partial charge in [-0.3, -0.25) is 0 Å². The first-order chi connectivity index (χ1) is 8.29. The average Bonchev–Trinajstić information content (AvgIpc) is 2.84. The van der Waals surface area contributed by atoms with Crippen molar-refractivity contribution in [2.45, 2.75) is 6.42 Å². The third kappa shape index (κ3) is 3.02. The molecule has 0 radical (unpaired) electrons. The Morgan fingerprint density at radius 3 is 3.06 bits per heavy atom. The summed E-state index contributed by atoms with van der Waals surface area (Å²) in [5.74, 6) is -0.397. The highest BCUT2D eigenvalue weighted by molar-refractivity contribution is 7.07. The first-order valence-electron chi connectivity index (χ1n) is 5.10. The van der Waals surface area contributed by atoms with E-state index in [0.29, 0.717) is 17.8 Å². The van der Waals surface area contributed by atoms with Crippen molar-refractivity contribution in [1.82, 2.24) is 4.98 Å². The van der Waals surface area contributed by atoms with E-state index in [2.05, 4.69) is 10.3 Å². The monoisotopic (exact) mass is 247 g/mol. The van der Waals surface area contributed by atoms with Crippen LogP contribution in [0.1, 0.15) is 11.3 Å². The van der Waals surface area contributed by atoms with Gasteiger partial charge in [-0.05, 0) is 18.2 Å². The molecule has 0 amide bonds. The third-order valence-corrected chi connectivity index (χ3v) is 2.92. The lowest BCUT2D eigenvalue weighted by Gasteiger charge is -2.06. The number of nitriles is 1. The predicted octanol–water partition coefficient (Wildman–Crippen LogP) is 2.81. The number of hydrogen-bond acceptors (Lipinski definition) is 4. The van der Waals surface area contributed by atoms with Crippen LogP contribution in [0.3, 0.4) is 0 Å². The lowest BCUT2D eigenvalue weighted by molar-refractivity contribution is 0.627. The van der Waals surface area contributed by atoms with E-state index < -0.39 is 5.82 Å². The predicted molar refractivity (Wildman–Crippen MR) is 65.4 cm³/mol. The standard InChI is InChI=1S/C12H10FN3S/c13-10-1-2-12(9(5-10)6-14)15-4-3-11-7-17-8-16-11/h1-2,5,7-8,15H,3-4H2. The summed E-state index contributed by atoms with van der Waals surface area (Å²) >= 11 is 1.55. The first kappa shape index (κ1) is 11.6. The molecule has 5 heteroatoms. The lowest BCUT2D eigenvalue weighted by atomic mass is 10.2. The molecule has 1 aromatic heterocycles. The Hall–Kier alpha value is -1.93. The largest absolute Gasteiger partial charge is 0.384 e. The van der Waals surface area contributed by atoms with Crippen LogP contribution in [0, 0.1) is 17.1 Å². The number of nitrogens with zero attached hydrogens (tertiary/aromatic N) is 2. The highest BCUT2D eigenvalue weighted by Crippen LogP contribution is 2.15. The Labute approximate surface area is 103 Å². The zero-order valence-corrected chi connectivity index (χ0v) is 9.80. The summed E-state index contributed by atoms with van der Waals surface area (Å²) in [5, 5.41) is 13.9. The second-order valence-corrected chi connectivity index (χ2v) is 4.18. The first-order valence-corrected chi connectivity index (χ1v) is 6.04. The molecule has 0 aliphatic heterocycles. The van der Waals surface area contributed by atoms with E-state index in [1.165, 1.54) is 12.1 Å². The van der Waals surface area contributed by atoms with Gasteiger partial charge in [0.15, 0.2) is 0 Å². The molecule has 0 aliphatic rings. The van der Waals surface area contributed by atoms with Crippen molar-refractivity contribution < 1.29 is 4.39 Å². The molecule has 1 heterocycles. The van der Waals surface area contributed by atoms with Gasteiger partial charge in [-0.2, -0.15) is 5.26 Å². The van der Waals surface area contributed by atoms with Crippen molar-refractivity contribution in [3.05, 3.63) is 46.2 Å². The average molecular weight is 247 g/mol. The molecule has 0 aliphatic carbocycles. The normalized spacial score (nSPS) is 9.88. The van der Waals surface area contributed by atoms with Crippen molar-refractivity contribution >= 4 is 17.0 Å². The quantitative estimate of drug-likeness (QED) is 0.903. The number of halogens is 1. The second kappa shape index (κ2) is 5.41. The number of thiazole rings is 1. The van der Waals surface area contributed by atoms with Crippen molar-refractivity contribution in [2.24, 2.45) is 0 Å². The fourth-order valence-corrected chi connectivity index (χ4v) is 2.04. The molecule has 0 atom stereocenters. The van der Waals surface area contributed by atoms with Crippen LogP contribution in [0.2, 0.25) is 0 Å². The Balaban J connectivity index is 1.97. The molecule has 0 saturated carbocycles. The van der Waals surface area contributed by atoms with Gasteiger partial charge >= 0.3 is 0 Å². The molecule has 0 saturated heterocycles. The van der Waals surface area contributed by atoms with Crippen LogP contribution in [-0.4, -0.2) is 11.5 Å². The van der Waals surface area contributed by atoms with E-state index >= 15 is 0 Å². The number of hydrogen-bond donors (Lipinski definition) is 1. The Morgan fingerprint density at radius 2 is 2.35 bits per heavy atom. The van der Waals surface area contributed by atoms with Crippen molar-refractivity contribution in [3.8, 4) is 6.07 Å². The van der Waals surface area contributed by atoms with Gasteiger partial charge in [0.2, 0.25) is 0 Å². The van der Waals surface area contributed by atoms with Gasteiger partial charge in [0.05, 0.1) is 22.5 Å². The van der Waals surface area contributed by atoms with Crippen molar-refractivity contribution in [3.63, 3.8) is 0 Å². The summed E-state index contributed by atoms with van der Waals surface area (Å²) in [6, 6.07) is 6.11. The molecule has 0 spiro atoms. The van der Waals surface area contributed by atoms with Crippen molar-refractivity contribution in [1.29, 1.82) is 5.26 Å². The Kier molecular flexibility index (Phi) is 3.68. The van der Waals surface area contributed by atoms with Crippen LogP contribution in [0.5, 0.6) is 0 Å². The summed E-state index contributed by atoms with van der Waals surface area (Å²) < 4.78 is 12.9. The minimum Gasteiger partial charge on any atom is -0.384 e. The molecule has 86 valence electrons. The van der Waals surface area contributed by atoms with Gasteiger partial charge in [-0.15, -0.1) is 11.3 Å². The molecule has 0 bridgehead atoms. The fraction of sp³-hybridized carbons (Fsp3) is 0.167. The molecule has 2 aromatic rings. The molecule has 2 rings (SSSR count). The molecule has 3 nitrogen and oxygen atoms in total. The maximum absolute atomic E-state index is 12.9. The topological polar surface area (TPSA) is 48.7 Å². The van der Waals surface area contributed by atoms with Gasteiger partial charge in [0.1, 0.15) is 11.9 Å². The second-order valence-electron chi connectivity index (χ2n) is 3.46. The molecule has 1 aromatic carbocycles. The minimum absolute atomic E-state index is 0.322. The smallest absolute Gasteiger partial charge is 0.124 e. The van der Waals surface area contributed by atoms with Gasteiger partial charge in [0.25, 0.3) is 0 Å².